The summed E-state index contributed by atoms with van der Waals surface area (Å²) in [5.41, 5.74) is 1.11. The number of rotatable bonds is 5. The van der Waals surface area contributed by atoms with Gasteiger partial charge in [0.05, 0.1) is 24.2 Å². The van der Waals surface area contributed by atoms with E-state index in [9.17, 15) is 24.9 Å². The van der Waals surface area contributed by atoms with E-state index in [1.165, 1.54) is 4.57 Å². The van der Waals surface area contributed by atoms with Crippen molar-refractivity contribution >= 4 is 18.9 Å². The number of nitrogens with zero attached hydrogens (tertiary/aromatic N) is 3. The van der Waals surface area contributed by atoms with Gasteiger partial charge in [-0.3, -0.25) is 9.78 Å². The maximum atomic E-state index is 12.2. The number of aromatic nitrogens is 4. The first-order chi connectivity index (χ1) is 14.7. The molecule has 16 heteroatoms. The molecule has 0 radical (unpaired) electrons. The van der Waals surface area contributed by atoms with Gasteiger partial charge in [-0.15, -0.1) is 0 Å². The number of hydrogen-bond donors (Lipinski definition) is 8. The minimum absolute atomic E-state index is 0. The molecule has 178 valence electrons. The first-order valence-corrected chi connectivity index (χ1v) is 10.6. The van der Waals surface area contributed by atoms with Crippen molar-refractivity contribution in [2.45, 2.75) is 38.7 Å². The second-order valence-corrected chi connectivity index (χ2v) is 8.04. The smallest absolute Gasteiger partial charge is 1.00 e. The van der Waals surface area contributed by atoms with Crippen LogP contribution in [0.5, 0.6) is 0 Å². The molecule has 0 aromatic heterocycles. The predicted octanol–water partition coefficient (Wildman–Crippen LogP) is -5.54. The Bertz CT molecular complexity index is 1240. The molecule has 1 aromatic carbocycles. The molecular weight excluding hydrogens is 474 g/mol. The van der Waals surface area contributed by atoms with Crippen LogP contribution in [0.2, 0.25) is 0 Å². The molecule has 0 saturated carbocycles. The summed E-state index contributed by atoms with van der Waals surface area (Å²) in [6.45, 7) is 2.73. The third-order valence-corrected chi connectivity index (χ3v) is 4.57. The number of benzene rings is 1. The summed E-state index contributed by atoms with van der Waals surface area (Å²) in [6.07, 6.45) is -4.68. The Hall–Kier alpha value is -1.55. The number of aromatic amines is 1. The average Bonchev–Trinajstić information content (AvgIpc) is 2.67. The van der Waals surface area contributed by atoms with E-state index in [4.69, 9.17) is 24.4 Å². The molecule has 14 nitrogen and oxygen atoms in total. The Morgan fingerprint density at radius 2 is 1.61 bits per heavy atom. The first kappa shape index (κ1) is 29.5. The van der Waals surface area contributed by atoms with E-state index in [1.54, 1.807) is 12.1 Å². The fourth-order valence-electron chi connectivity index (χ4n) is 2.89. The number of aliphatic hydroxyl groups excluding tert-OH is 4. The molecule has 2 aliphatic rings. The van der Waals surface area contributed by atoms with Gasteiger partial charge in [-0.1, -0.05) is 0 Å². The zero-order valence-electron chi connectivity index (χ0n) is 18.9. The molecule has 0 saturated heterocycles. The van der Waals surface area contributed by atoms with Crippen LogP contribution in [0.1, 0.15) is 12.6 Å². The van der Waals surface area contributed by atoms with Crippen LogP contribution in [0.3, 0.4) is 0 Å². The summed E-state index contributed by atoms with van der Waals surface area (Å²) in [5, 5.41) is 38.8. The number of hydrogen-bond acceptors (Lipinski definition) is 9. The van der Waals surface area contributed by atoms with Gasteiger partial charge in [-0.05, 0) is 37.1 Å². The molecule has 3 atom stereocenters. The molecule has 1 aromatic rings. The second-order valence-electron chi connectivity index (χ2n) is 7.01. The van der Waals surface area contributed by atoms with Crippen molar-refractivity contribution in [1.82, 2.24) is 19.5 Å². The summed E-state index contributed by atoms with van der Waals surface area (Å²) in [4.78, 5) is 55.6. The molecule has 2 aliphatic heterocycles. The van der Waals surface area contributed by atoms with Gasteiger partial charge in [0, 0.05) is 0 Å². The minimum Gasteiger partial charge on any atom is -1.00 e. The third-order valence-electron chi connectivity index (χ3n) is 4.57. The van der Waals surface area contributed by atoms with E-state index in [0.29, 0.717) is 11.0 Å². The molecule has 0 bridgehead atoms. The van der Waals surface area contributed by atoms with Crippen molar-refractivity contribution in [2.24, 2.45) is 0 Å². The second kappa shape index (κ2) is 11.7. The van der Waals surface area contributed by atoms with Gasteiger partial charge in [-0.25, -0.2) is 14.3 Å². The van der Waals surface area contributed by atoms with E-state index in [0.717, 1.165) is 11.1 Å². The summed E-state index contributed by atoms with van der Waals surface area (Å²) in [5.74, 6) is -0.0516. The Morgan fingerprint density at radius 1 is 1.06 bits per heavy atom. The fourth-order valence-corrected chi connectivity index (χ4v) is 2.89. The van der Waals surface area contributed by atoms with Gasteiger partial charge in [-0.2, -0.15) is 4.98 Å². The Balaban J connectivity index is 0.00000141. The monoisotopic (exact) mass is 498 g/mol. The maximum absolute atomic E-state index is 12.2. The summed E-state index contributed by atoms with van der Waals surface area (Å²) < 4.78 is 10.3. The molecule has 3 rings (SSSR count). The minimum atomic E-state index is -4.64. The number of aliphatic hydroxyl groups is 4. The zero-order valence-corrected chi connectivity index (χ0v) is 20.8. The number of H-pyrrole nitrogens is 1. The van der Waals surface area contributed by atoms with Crippen molar-refractivity contribution in [1.29, 1.82) is 0 Å². The van der Waals surface area contributed by atoms with Crippen molar-refractivity contribution in [3.05, 3.63) is 44.1 Å². The number of nitrogens with one attached hydrogen (secondary N) is 1. The molecule has 33 heavy (non-hydrogen) atoms. The standard InChI is InChI=1S/C17H20N4O6.Na.H3O4P.H/c1-7-3-9-10(4-8(7)2)21(5-11(23)14(25)12(24)6-22)15-13(18-9)16(26)20-17(27)19-15;;1-5(2,3)4;/h3-4,11-12,14,22-25H,5-6H2,1-2H3,(H,20,26,27);;(H3,1,2,3,4);/q;+1;;-1/t11-,12+,14-;;;/m0.../s1. The van der Waals surface area contributed by atoms with E-state index < -0.39 is 44.0 Å². The van der Waals surface area contributed by atoms with Gasteiger partial charge in [0.1, 0.15) is 18.3 Å². The number of fused-ring (bicyclic) bond motifs is 2. The van der Waals surface area contributed by atoms with Crippen LogP contribution >= 0.6 is 7.82 Å². The van der Waals surface area contributed by atoms with Crippen molar-refractivity contribution in [3.63, 3.8) is 0 Å². The van der Waals surface area contributed by atoms with Crippen LogP contribution in [-0.4, -0.2) is 79.5 Å². The van der Waals surface area contributed by atoms with Gasteiger partial charge in [0.25, 0.3) is 5.56 Å². The van der Waals surface area contributed by atoms with Crippen LogP contribution in [0, 0.1) is 13.8 Å². The average molecular weight is 498 g/mol. The van der Waals surface area contributed by atoms with Gasteiger partial charge >= 0.3 is 43.1 Å². The summed E-state index contributed by atoms with van der Waals surface area (Å²) in [7, 11) is -4.64. The quantitative estimate of drug-likeness (QED) is 0.0933. The number of aryl methyl sites for hydroxylation is 2. The number of phosphoric acid groups is 1. The van der Waals surface area contributed by atoms with Crippen LogP contribution in [-0.2, 0) is 11.1 Å². The molecule has 0 fully saturated rings. The summed E-state index contributed by atoms with van der Waals surface area (Å²) >= 11 is 0. The molecule has 8 N–H and O–H groups in total. The topological polar surface area (TPSA) is 239 Å². The SMILES string of the molecule is Cc1cc2nc3c(=O)[nH]c(=O)nc-3n(C[C@H](O)[C@H](O)[C@H](O)CO)c2cc1C.O=P(O)(O)O.[H-].[Na+]. The van der Waals surface area contributed by atoms with E-state index >= 15 is 0 Å². The molecular formula is C17H24N4NaO10P. The van der Waals surface area contributed by atoms with E-state index in [2.05, 4.69) is 15.0 Å². The van der Waals surface area contributed by atoms with Gasteiger partial charge < -0.3 is 41.1 Å². The third kappa shape index (κ3) is 7.73. The van der Waals surface area contributed by atoms with Crippen molar-refractivity contribution in [2.75, 3.05) is 6.61 Å². The maximum Gasteiger partial charge on any atom is 1.00 e. The normalized spacial score (nSPS) is 14.2. The van der Waals surface area contributed by atoms with Gasteiger partial charge in [0.15, 0.2) is 11.5 Å². The van der Waals surface area contributed by atoms with Gasteiger partial charge in [0.2, 0.25) is 0 Å². The molecule has 0 spiro atoms. The fraction of sp³-hybridized carbons (Fsp3) is 0.412. The Labute approximate surface area is 209 Å². The Kier molecular flexibility index (Phi) is 10.5. The largest absolute Gasteiger partial charge is 1.00 e. The predicted molar refractivity (Wildman–Crippen MR) is 111 cm³/mol. The molecule has 0 unspecified atom stereocenters. The van der Waals surface area contributed by atoms with Crippen LogP contribution in [0.15, 0.2) is 21.7 Å². The zero-order chi connectivity index (χ0) is 24.4. The van der Waals surface area contributed by atoms with E-state index in [-0.39, 0.29) is 49.0 Å². The van der Waals surface area contributed by atoms with Crippen LogP contribution in [0.4, 0.5) is 0 Å². The van der Waals surface area contributed by atoms with Crippen LogP contribution in [0.25, 0.3) is 22.6 Å². The first-order valence-electron chi connectivity index (χ1n) is 9.08. The molecule has 0 amide bonds. The molecule has 0 aliphatic carbocycles. The molecule has 2 heterocycles. The van der Waals surface area contributed by atoms with Crippen LogP contribution < -0.4 is 40.8 Å². The van der Waals surface area contributed by atoms with E-state index in [1.807, 2.05) is 13.8 Å². The van der Waals surface area contributed by atoms with Crippen molar-refractivity contribution in [3.8, 4) is 11.5 Å². The van der Waals surface area contributed by atoms with Crippen molar-refractivity contribution < 1.29 is 70.7 Å². The summed E-state index contributed by atoms with van der Waals surface area (Å²) in [6, 6.07) is 3.53. The Morgan fingerprint density at radius 3 is 2.15 bits per heavy atom.